The fourth-order valence-electron chi connectivity index (χ4n) is 8.43. The monoisotopic (exact) mass is 839 g/mol. The molecule has 0 spiro atoms. The van der Waals surface area contributed by atoms with Crippen LogP contribution in [-0.4, -0.2) is 19.8 Å². The molecule has 0 fully saturated rings. The Morgan fingerprint density at radius 3 is 1.12 bits per heavy atom. The van der Waals surface area contributed by atoms with E-state index in [9.17, 15) is 0 Å². The Morgan fingerprint density at radius 2 is 0.717 bits per heavy atom. The molecule has 0 aliphatic heterocycles. The number of hydrogen-bond acceptors (Lipinski definition) is 4. The molecule has 3 aromatic carbocycles. The van der Waals surface area contributed by atoms with Gasteiger partial charge in [-0.1, -0.05) is 224 Å². The van der Waals surface area contributed by atoms with Gasteiger partial charge in [0.25, 0.3) is 0 Å². The van der Waals surface area contributed by atoms with Crippen molar-refractivity contribution in [3.05, 3.63) is 66.0 Å². The topological polar surface area (TPSA) is 27.7 Å². The largest absolute Gasteiger partial charge is 0.490 e. The van der Waals surface area contributed by atoms with Gasteiger partial charge in [-0.05, 0) is 82.4 Å². The highest BCUT2D eigenvalue weighted by molar-refractivity contribution is 7.13. The lowest BCUT2D eigenvalue weighted by molar-refractivity contribution is 0.234. The molecule has 0 N–H and O–H groups in total. The molecule has 0 amide bonds. The molecule has 3 nitrogen and oxygen atoms in total. The molecule has 0 unspecified atom stereocenters. The standard InChI is InChI=1S/C56H86O3S/c1-4-7-10-13-16-19-22-25-28-31-40-57-53-46-52(50-37-36-49-45-51(39-38-48(49)44-50)55-35-34-43-60-55)47-54(58-41-32-29-26-23-20-17-14-11-8-5-2)56(53)59-42-33-30-27-24-21-18-15-12-9-6-3/h34-39,43-47H,4-33,40-42H2,1-3H3. The number of fused-ring (bicyclic) bond motifs is 1. The summed E-state index contributed by atoms with van der Waals surface area (Å²) in [6.45, 7) is 8.99. The molecule has 1 aromatic heterocycles. The summed E-state index contributed by atoms with van der Waals surface area (Å²) in [5, 5.41) is 4.66. The van der Waals surface area contributed by atoms with Gasteiger partial charge < -0.3 is 14.2 Å². The minimum Gasteiger partial charge on any atom is -0.490 e. The van der Waals surface area contributed by atoms with E-state index in [4.69, 9.17) is 14.2 Å². The van der Waals surface area contributed by atoms with E-state index in [2.05, 4.69) is 86.8 Å². The molecule has 0 radical (unpaired) electrons. The molecule has 60 heavy (non-hydrogen) atoms. The highest BCUT2D eigenvalue weighted by Crippen LogP contribution is 2.43. The number of rotatable bonds is 38. The van der Waals surface area contributed by atoms with Crippen LogP contribution >= 0.6 is 11.3 Å². The van der Waals surface area contributed by atoms with E-state index >= 15 is 0 Å². The second kappa shape index (κ2) is 32.7. The van der Waals surface area contributed by atoms with Crippen LogP contribution in [0.1, 0.15) is 213 Å². The summed E-state index contributed by atoms with van der Waals surface area (Å²) in [5.41, 5.74) is 3.58. The molecule has 0 aliphatic carbocycles. The molecule has 0 bridgehead atoms. The number of benzene rings is 3. The summed E-state index contributed by atoms with van der Waals surface area (Å²) >= 11 is 1.79. The predicted octanol–water partition coefficient (Wildman–Crippen LogP) is 19.1. The first-order valence-corrected chi connectivity index (χ1v) is 26.3. The van der Waals surface area contributed by atoms with Crippen molar-refractivity contribution >= 4 is 22.1 Å². The highest BCUT2D eigenvalue weighted by atomic mass is 32.1. The smallest absolute Gasteiger partial charge is 0.203 e. The van der Waals surface area contributed by atoms with Crippen molar-refractivity contribution in [2.45, 2.75) is 213 Å². The Hall–Kier alpha value is -2.98. The van der Waals surface area contributed by atoms with Gasteiger partial charge in [0.05, 0.1) is 19.8 Å². The number of unbranched alkanes of at least 4 members (excludes halogenated alkanes) is 27. The molecule has 0 aliphatic rings. The van der Waals surface area contributed by atoms with Gasteiger partial charge in [-0.3, -0.25) is 0 Å². The lowest BCUT2D eigenvalue weighted by Crippen LogP contribution is -2.07. The zero-order valence-corrected chi connectivity index (χ0v) is 39.6. The Morgan fingerprint density at radius 1 is 0.350 bits per heavy atom. The van der Waals surface area contributed by atoms with Crippen molar-refractivity contribution in [3.63, 3.8) is 0 Å². The molecule has 4 heteroatoms. The van der Waals surface area contributed by atoms with Crippen LogP contribution < -0.4 is 14.2 Å². The summed E-state index contributed by atoms with van der Waals surface area (Å²) in [4.78, 5) is 1.31. The average Bonchev–Trinajstić information content (AvgIpc) is 3.82. The second-order valence-corrected chi connectivity index (χ2v) is 18.6. The SMILES string of the molecule is CCCCCCCCCCCCOc1cc(-c2ccc3cc(-c4cccs4)ccc3c2)cc(OCCCCCCCCCCCC)c1OCCCCCCCCCCCC. The van der Waals surface area contributed by atoms with Crippen molar-refractivity contribution in [1.29, 1.82) is 0 Å². The lowest BCUT2D eigenvalue weighted by Gasteiger charge is -2.19. The van der Waals surface area contributed by atoms with Crippen molar-refractivity contribution in [2.75, 3.05) is 19.8 Å². The van der Waals surface area contributed by atoms with E-state index in [1.807, 2.05) is 0 Å². The summed E-state index contributed by atoms with van der Waals surface area (Å²) < 4.78 is 20.1. The van der Waals surface area contributed by atoms with Crippen LogP contribution in [0.4, 0.5) is 0 Å². The molecule has 334 valence electrons. The summed E-state index contributed by atoms with van der Waals surface area (Å²) in [6, 6.07) is 22.5. The van der Waals surface area contributed by atoms with Crippen LogP contribution in [0.2, 0.25) is 0 Å². The van der Waals surface area contributed by atoms with Crippen molar-refractivity contribution in [1.82, 2.24) is 0 Å². The molecule has 4 rings (SSSR count). The number of hydrogen-bond donors (Lipinski definition) is 0. The van der Waals surface area contributed by atoms with Crippen LogP contribution in [0.15, 0.2) is 66.0 Å². The van der Waals surface area contributed by atoms with Gasteiger partial charge >= 0.3 is 0 Å². The second-order valence-electron chi connectivity index (χ2n) is 17.6. The maximum atomic E-state index is 6.71. The average molecular weight is 839 g/mol. The zero-order valence-electron chi connectivity index (χ0n) is 38.8. The van der Waals surface area contributed by atoms with Gasteiger partial charge in [-0.2, -0.15) is 0 Å². The van der Waals surface area contributed by atoms with Gasteiger partial charge in [0.1, 0.15) is 0 Å². The third kappa shape index (κ3) is 20.3. The van der Waals surface area contributed by atoms with Crippen molar-refractivity contribution in [2.24, 2.45) is 0 Å². The fourth-order valence-corrected chi connectivity index (χ4v) is 9.15. The minimum absolute atomic E-state index is 0.696. The van der Waals surface area contributed by atoms with Gasteiger partial charge in [0.15, 0.2) is 11.5 Å². The van der Waals surface area contributed by atoms with Crippen LogP contribution in [0.25, 0.3) is 32.3 Å². The molecule has 0 saturated heterocycles. The quantitative estimate of drug-likeness (QED) is 0.0421. The van der Waals surface area contributed by atoms with E-state index in [1.165, 1.54) is 200 Å². The zero-order chi connectivity index (χ0) is 42.1. The van der Waals surface area contributed by atoms with Crippen molar-refractivity contribution < 1.29 is 14.2 Å². The Kier molecular flexibility index (Phi) is 27.1. The fraction of sp³-hybridized carbons (Fsp3) is 0.643. The maximum Gasteiger partial charge on any atom is 0.203 e. The van der Waals surface area contributed by atoms with Gasteiger partial charge in [0, 0.05) is 4.88 Å². The molecule has 0 saturated carbocycles. The third-order valence-electron chi connectivity index (χ3n) is 12.3. The summed E-state index contributed by atoms with van der Waals surface area (Å²) in [7, 11) is 0. The van der Waals surface area contributed by atoms with E-state index < -0.39 is 0 Å². The normalized spacial score (nSPS) is 11.4. The third-order valence-corrected chi connectivity index (χ3v) is 13.2. The van der Waals surface area contributed by atoms with Crippen molar-refractivity contribution in [3.8, 4) is 38.8 Å². The molecule has 0 atom stereocenters. The van der Waals surface area contributed by atoms with E-state index in [-0.39, 0.29) is 0 Å². The maximum absolute atomic E-state index is 6.71. The first-order chi connectivity index (χ1) is 29.7. The number of ether oxygens (including phenoxy) is 3. The molecule has 1 heterocycles. The van der Waals surface area contributed by atoms with Crippen LogP contribution in [0.5, 0.6) is 17.2 Å². The Bertz CT molecular complexity index is 1580. The summed E-state index contributed by atoms with van der Waals surface area (Å²) in [6.07, 6.45) is 39.4. The summed E-state index contributed by atoms with van der Waals surface area (Å²) in [5.74, 6) is 2.47. The Labute approximate surface area is 372 Å². The highest BCUT2D eigenvalue weighted by Gasteiger charge is 2.18. The minimum atomic E-state index is 0.696. The lowest BCUT2D eigenvalue weighted by atomic mass is 9.99. The van der Waals surface area contributed by atoms with Gasteiger partial charge in [-0.25, -0.2) is 0 Å². The van der Waals surface area contributed by atoms with E-state index in [0.717, 1.165) is 42.1 Å². The van der Waals surface area contributed by atoms with Crippen LogP contribution in [-0.2, 0) is 0 Å². The van der Waals surface area contributed by atoms with Gasteiger partial charge in [0.2, 0.25) is 5.75 Å². The first-order valence-electron chi connectivity index (χ1n) is 25.4. The molecular formula is C56H86O3S. The van der Waals surface area contributed by atoms with Crippen LogP contribution in [0, 0.1) is 0 Å². The van der Waals surface area contributed by atoms with E-state index in [1.54, 1.807) is 11.3 Å². The van der Waals surface area contributed by atoms with E-state index in [0.29, 0.717) is 19.8 Å². The number of thiophene rings is 1. The first kappa shape index (κ1) is 49.7. The molecule has 4 aromatic rings. The van der Waals surface area contributed by atoms with Crippen LogP contribution in [0.3, 0.4) is 0 Å². The predicted molar refractivity (Wildman–Crippen MR) is 265 cm³/mol. The molecular weight excluding hydrogens is 753 g/mol. The Balaban J connectivity index is 1.43. The van der Waals surface area contributed by atoms with Gasteiger partial charge in [-0.15, -0.1) is 11.3 Å².